The van der Waals surface area contributed by atoms with Crippen molar-refractivity contribution in [2.24, 2.45) is 5.41 Å². The number of hydrogen-bond donors (Lipinski definition) is 0. The highest BCUT2D eigenvalue weighted by atomic mass is 79.9. The Hall–Kier alpha value is -0.683. The van der Waals surface area contributed by atoms with Crippen molar-refractivity contribution in [1.29, 1.82) is 0 Å². The number of benzene rings is 2. The Morgan fingerprint density at radius 3 is 1.67 bits per heavy atom. The number of rotatable bonds is 7. The lowest BCUT2D eigenvalue weighted by Crippen LogP contribution is -2.66. The topological polar surface area (TPSA) is 9.23 Å². The van der Waals surface area contributed by atoms with Crippen molar-refractivity contribution < 1.29 is 4.43 Å². The largest absolute Gasteiger partial charge is 0.407 e. The summed E-state index contributed by atoms with van der Waals surface area (Å²) in [6.07, 6.45) is 3.15. The molecular formula is C23H30Br2OSi. The molecule has 0 fully saturated rings. The molecular weight excluding hydrogens is 480 g/mol. The monoisotopic (exact) mass is 508 g/mol. The van der Waals surface area contributed by atoms with Crippen LogP contribution in [-0.4, -0.2) is 14.9 Å². The van der Waals surface area contributed by atoms with Crippen LogP contribution in [0.3, 0.4) is 0 Å². The van der Waals surface area contributed by atoms with Gasteiger partial charge in [-0.25, -0.2) is 0 Å². The zero-order valence-electron chi connectivity index (χ0n) is 16.9. The molecule has 0 bridgehead atoms. The van der Waals surface area contributed by atoms with Crippen LogP contribution in [0.4, 0.5) is 0 Å². The van der Waals surface area contributed by atoms with Crippen molar-refractivity contribution in [2.75, 3.05) is 6.61 Å². The molecule has 0 unspecified atom stereocenters. The lowest BCUT2D eigenvalue weighted by atomic mass is 9.90. The number of allylic oxidation sites excluding steroid dienone is 1. The summed E-state index contributed by atoms with van der Waals surface area (Å²) < 4.78 is 7.95. The maximum atomic E-state index is 6.96. The van der Waals surface area contributed by atoms with Gasteiger partial charge >= 0.3 is 0 Å². The van der Waals surface area contributed by atoms with E-state index >= 15 is 0 Å². The molecule has 0 N–H and O–H groups in total. The first kappa shape index (κ1) is 22.6. The van der Waals surface area contributed by atoms with Gasteiger partial charge < -0.3 is 4.43 Å². The molecule has 0 saturated carbocycles. The van der Waals surface area contributed by atoms with E-state index in [0.717, 1.165) is 16.4 Å². The van der Waals surface area contributed by atoms with Crippen LogP contribution in [-0.2, 0) is 4.43 Å². The first-order valence-electron chi connectivity index (χ1n) is 9.37. The summed E-state index contributed by atoms with van der Waals surface area (Å²) in [5, 5.41) is 2.68. The Balaban J connectivity index is 2.46. The van der Waals surface area contributed by atoms with Gasteiger partial charge in [-0.3, -0.25) is 0 Å². The third-order valence-corrected chi connectivity index (χ3v) is 10.5. The fourth-order valence-electron chi connectivity index (χ4n) is 3.60. The van der Waals surface area contributed by atoms with Gasteiger partial charge in [0.15, 0.2) is 0 Å². The molecule has 2 aromatic carbocycles. The van der Waals surface area contributed by atoms with Crippen LogP contribution >= 0.6 is 31.9 Å². The first-order chi connectivity index (χ1) is 12.6. The van der Waals surface area contributed by atoms with E-state index in [4.69, 9.17) is 4.43 Å². The fourth-order valence-corrected chi connectivity index (χ4v) is 9.40. The second kappa shape index (κ2) is 9.21. The van der Waals surface area contributed by atoms with Gasteiger partial charge in [-0.05, 0) is 59.1 Å². The standard InChI is InChI=1S/C23H30Br2OSi/c1-22(2,3)27(19-12-8-6-9-13-19,20-14-10-7-11-15-20)26-17-16-23(4,5)18-21(24)25/h6-15,18H,16-17H2,1-5H3. The molecule has 0 saturated heterocycles. The summed E-state index contributed by atoms with van der Waals surface area (Å²) in [5.74, 6) is 0. The second-order valence-corrected chi connectivity index (χ2v) is 15.8. The highest BCUT2D eigenvalue weighted by Gasteiger charge is 2.50. The third kappa shape index (κ3) is 5.66. The average Bonchev–Trinajstić information content (AvgIpc) is 2.58. The Bertz CT molecular complexity index is 705. The minimum absolute atomic E-state index is 0.0195. The van der Waals surface area contributed by atoms with Crippen molar-refractivity contribution in [3.63, 3.8) is 0 Å². The Morgan fingerprint density at radius 2 is 1.30 bits per heavy atom. The molecule has 0 heterocycles. The number of halogens is 2. The van der Waals surface area contributed by atoms with Gasteiger partial charge in [0.2, 0.25) is 0 Å². The molecule has 2 rings (SSSR count). The maximum absolute atomic E-state index is 6.96. The van der Waals surface area contributed by atoms with E-state index in [9.17, 15) is 0 Å². The molecule has 1 nitrogen and oxygen atoms in total. The van der Waals surface area contributed by atoms with E-state index in [1.165, 1.54) is 10.4 Å². The second-order valence-electron chi connectivity index (χ2n) is 8.68. The zero-order chi connectivity index (χ0) is 20.1. The van der Waals surface area contributed by atoms with Crippen molar-refractivity contribution >= 4 is 50.6 Å². The van der Waals surface area contributed by atoms with Crippen LogP contribution in [0.15, 0.2) is 70.1 Å². The first-order valence-corrected chi connectivity index (χ1v) is 12.9. The Kier molecular flexibility index (Phi) is 7.71. The van der Waals surface area contributed by atoms with Crippen molar-refractivity contribution in [2.45, 2.75) is 46.1 Å². The molecule has 0 atom stereocenters. The lowest BCUT2D eigenvalue weighted by molar-refractivity contribution is 0.247. The highest BCUT2D eigenvalue weighted by molar-refractivity contribution is 9.28. The SMILES string of the molecule is CC(C)(C=C(Br)Br)CCO[Si](c1ccccc1)(c1ccccc1)C(C)(C)C. The summed E-state index contributed by atoms with van der Waals surface area (Å²) in [7, 11) is -2.43. The van der Waals surface area contributed by atoms with Crippen LogP contribution < -0.4 is 10.4 Å². The Labute approximate surface area is 182 Å². The molecule has 0 aromatic heterocycles. The molecule has 4 heteroatoms. The van der Waals surface area contributed by atoms with Crippen molar-refractivity contribution in [1.82, 2.24) is 0 Å². The minimum Gasteiger partial charge on any atom is -0.407 e. The van der Waals surface area contributed by atoms with Gasteiger partial charge in [0, 0.05) is 6.61 Å². The van der Waals surface area contributed by atoms with Crippen molar-refractivity contribution in [3.8, 4) is 0 Å². The zero-order valence-corrected chi connectivity index (χ0v) is 21.1. The Morgan fingerprint density at radius 1 is 0.852 bits per heavy atom. The highest BCUT2D eigenvalue weighted by Crippen LogP contribution is 2.37. The van der Waals surface area contributed by atoms with Gasteiger partial charge in [-0.15, -0.1) is 0 Å². The van der Waals surface area contributed by atoms with E-state index in [-0.39, 0.29) is 10.5 Å². The minimum atomic E-state index is -2.43. The normalized spacial score (nSPS) is 12.7. The molecule has 2 aromatic rings. The smallest absolute Gasteiger partial charge is 0.261 e. The van der Waals surface area contributed by atoms with Gasteiger partial charge in [-0.2, -0.15) is 0 Å². The quantitative estimate of drug-likeness (QED) is 0.381. The van der Waals surface area contributed by atoms with Crippen molar-refractivity contribution in [3.05, 3.63) is 70.1 Å². The molecule has 146 valence electrons. The summed E-state index contributed by atoms with van der Waals surface area (Å²) >= 11 is 6.98. The average molecular weight is 510 g/mol. The van der Waals surface area contributed by atoms with Crippen LogP contribution in [0.5, 0.6) is 0 Å². The summed E-state index contributed by atoms with van der Waals surface area (Å²) in [6.45, 7) is 12.2. The van der Waals surface area contributed by atoms with Gasteiger partial charge in [0.05, 0.1) is 3.39 Å². The van der Waals surface area contributed by atoms with Crippen LogP contribution in [0.2, 0.25) is 5.04 Å². The van der Waals surface area contributed by atoms with Gasteiger partial charge in [0.1, 0.15) is 0 Å². The summed E-state index contributed by atoms with van der Waals surface area (Å²) in [6, 6.07) is 21.6. The predicted molar refractivity (Wildman–Crippen MR) is 128 cm³/mol. The molecule has 0 aliphatic rings. The molecule has 0 aliphatic carbocycles. The summed E-state index contributed by atoms with van der Waals surface area (Å²) in [5.41, 5.74) is 0.0493. The molecule has 27 heavy (non-hydrogen) atoms. The molecule has 0 radical (unpaired) electrons. The van der Waals surface area contributed by atoms with E-state index in [1.807, 2.05) is 0 Å². The number of hydrogen-bond acceptors (Lipinski definition) is 1. The third-order valence-electron chi connectivity index (χ3n) is 4.98. The fraction of sp³-hybridized carbons (Fsp3) is 0.391. The van der Waals surface area contributed by atoms with E-state index in [2.05, 4.69) is 133 Å². The van der Waals surface area contributed by atoms with Crippen LogP contribution in [0, 0.1) is 5.41 Å². The molecule has 0 amide bonds. The van der Waals surface area contributed by atoms with E-state index < -0.39 is 8.32 Å². The predicted octanol–water partition coefficient (Wildman–Crippen LogP) is 6.61. The van der Waals surface area contributed by atoms with Crippen LogP contribution in [0.1, 0.15) is 41.0 Å². The van der Waals surface area contributed by atoms with Crippen LogP contribution in [0.25, 0.3) is 0 Å². The maximum Gasteiger partial charge on any atom is 0.261 e. The summed E-state index contributed by atoms with van der Waals surface area (Å²) in [4.78, 5) is 0. The van der Waals surface area contributed by atoms with Gasteiger partial charge in [0.25, 0.3) is 8.32 Å². The lowest BCUT2D eigenvalue weighted by Gasteiger charge is -2.43. The van der Waals surface area contributed by atoms with E-state index in [1.54, 1.807) is 0 Å². The molecule has 0 aliphatic heterocycles. The van der Waals surface area contributed by atoms with E-state index in [0.29, 0.717) is 0 Å². The van der Waals surface area contributed by atoms with Gasteiger partial charge in [-0.1, -0.05) is 101 Å². The molecule has 0 spiro atoms.